The third kappa shape index (κ3) is 4.11. The molecule has 1 atom stereocenters. The van der Waals surface area contributed by atoms with E-state index in [2.05, 4.69) is 21.2 Å². The minimum Gasteiger partial charge on any atom is -0.310 e. The van der Waals surface area contributed by atoms with Gasteiger partial charge in [0.1, 0.15) is 11.6 Å². The predicted octanol–water partition coefficient (Wildman–Crippen LogP) is 4.93. The summed E-state index contributed by atoms with van der Waals surface area (Å²) in [7, 11) is 0. The van der Waals surface area contributed by atoms with Gasteiger partial charge in [-0.05, 0) is 48.7 Å². The fourth-order valence-electron chi connectivity index (χ4n) is 2.36. The first-order valence-electron chi connectivity index (χ1n) is 6.94. The molecular weight excluding hydrogens is 336 g/mol. The van der Waals surface area contributed by atoms with E-state index in [1.165, 1.54) is 12.1 Å². The summed E-state index contributed by atoms with van der Waals surface area (Å²) in [6.45, 7) is 4.81. The first kappa shape index (κ1) is 16.1. The van der Waals surface area contributed by atoms with Gasteiger partial charge in [0, 0.05) is 16.6 Å². The molecule has 0 heterocycles. The van der Waals surface area contributed by atoms with Gasteiger partial charge in [0.15, 0.2) is 0 Å². The molecule has 1 nitrogen and oxygen atoms in total. The Bertz CT molecular complexity index is 628. The average Bonchev–Trinajstić information content (AvgIpc) is 2.41. The zero-order valence-corrected chi connectivity index (χ0v) is 13.7. The maximum atomic E-state index is 13.9. The second kappa shape index (κ2) is 7.14. The molecule has 0 aliphatic carbocycles. The Kier molecular flexibility index (Phi) is 5.48. The van der Waals surface area contributed by atoms with Gasteiger partial charge in [-0.3, -0.25) is 0 Å². The van der Waals surface area contributed by atoms with Gasteiger partial charge in [0.2, 0.25) is 0 Å². The molecule has 0 aliphatic heterocycles. The molecule has 1 unspecified atom stereocenters. The van der Waals surface area contributed by atoms with Crippen LogP contribution in [0.1, 0.15) is 29.7 Å². The van der Waals surface area contributed by atoms with Gasteiger partial charge >= 0.3 is 0 Å². The molecule has 0 saturated heterocycles. The lowest BCUT2D eigenvalue weighted by molar-refractivity contribution is 0.520. The largest absolute Gasteiger partial charge is 0.310 e. The van der Waals surface area contributed by atoms with E-state index in [1.54, 1.807) is 0 Å². The lowest BCUT2D eigenvalue weighted by Crippen LogP contribution is -2.23. The minimum atomic E-state index is -0.548. The Labute approximate surface area is 132 Å². The van der Waals surface area contributed by atoms with Crippen LogP contribution < -0.4 is 5.32 Å². The second-order valence-corrected chi connectivity index (χ2v) is 5.93. The van der Waals surface area contributed by atoms with E-state index in [4.69, 9.17) is 0 Å². The first-order chi connectivity index (χ1) is 10.0. The molecule has 112 valence electrons. The van der Waals surface area contributed by atoms with Crippen molar-refractivity contribution in [2.24, 2.45) is 0 Å². The molecule has 2 aromatic rings. The molecule has 21 heavy (non-hydrogen) atoms. The number of aryl methyl sites for hydroxylation is 1. The molecule has 2 rings (SSSR count). The molecule has 2 aromatic carbocycles. The van der Waals surface area contributed by atoms with Gasteiger partial charge < -0.3 is 5.32 Å². The number of hydrogen-bond donors (Lipinski definition) is 1. The molecule has 0 amide bonds. The summed E-state index contributed by atoms with van der Waals surface area (Å²) in [4.78, 5) is 0. The summed E-state index contributed by atoms with van der Waals surface area (Å²) < 4.78 is 27.8. The smallest absolute Gasteiger partial charge is 0.129 e. The summed E-state index contributed by atoms with van der Waals surface area (Å²) in [5.41, 5.74) is 2.75. The maximum Gasteiger partial charge on any atom is 0.129 e. The van der Waals surface area contributed by atoms with Crippen LogP contribution >= 0.6 is 15.9 Å². The highest BCUT2D eigenvalue weighted by Crippen LogP contribution is 2.28. The van der Waals surface area contributed by atoms with Crippen LogP contribution in [-0.2, 0) is 6.42 Å². The first-order valence-corrected chi connectivity index (χ1v) is 7.74. The number of likely N-dealkylation sites (N-methyl/N-ethyl adjacent to an activating group) is 1. The number of rotatable bonds is 5. The highest BCUT2D eigenvalue weighted by molar-refractivity contribution is 9.10. The van der Waals surface area contributed by atoms with Crippen molar-refractivity contribution < 1.29 is 8.78 Å². The van der Waals surface area contributed by atoms with E-state index in [0.717, 1.165) is 28.2 Å². The van der Waals surface area contributed by atoms with Crippen LogP contribution in [0.4, 0.5) is 8.78 Å². The van der Waals surface area contributed by atoms with Crippen LogP contribution in [0.2, 0.25) is 0 Å². The van der Waals surface area contributed by atoms with Crippen LogP contribution in [0, 0.1) is 18.6 Å². The monoisotopic (exact) mass is 353 g/mol. The van der Waals surface area contributed by atoms with Crippen molar-refractivity contribution in [3.8, 4) is 0 Å². The summed E-state index contributed by atoms with van der Waals surface area (Å²) in [5.74, 6) is -1.05. The highest BCUT2D eigenvalue weighted by Gasteiger charge is 2.16. The van der Waals surface area contributed by atoms with Crippen molar-refractivity contribution >= 4 is 15.9 Å². The Hall–Kier alpha value is -1.26. The topological polar surface area (TPSA) is 12.0 Å². The molecule has 0 spiro atoms. The van der Waals surface area contributed by atoms with E-state index < -0.39 is 11.6 Å². The van der Waals surface area contributed by atoms with Gasteiger partial charge in [-0.2, -0.15) is 0 Å². The fraction of sp³-hybridized carbons (Fsp3) is 0.294. The Morgan fingerprint density at radius 1 is 1.14 bits per heavy atom. The fourth-order valence-corrected chi connectivity index (χ4v) is 3.13. The van der Waals surface area contributed by atoms with Crippen molar-refractivity contribution in [1.29, 1.82) is 0 Å². The molecule has 0 aliphatic rings. The van der Waals surface area contributed by atoms with Crippen molar-refractivity contribution in [2.75, 3.05) is 6.54 Å². The highest BCUT2D eigenvalue weighted by atomic mass is 79.9. The maximum absolute atomic E-state index is 13.9. The molecule has 4 heteroatoms. The summed E-state index contributed by atoms with van der Waals surface area (Å²) in [6, 6.07) is 9.83. The Morgan fingerprint density at radius 2 is 1.90 bits per heavy atom. The Morgan fingerprint density at radius 3 is 2.52 bits per heavy atom. The number of nitrogens with one attached hydrogen (secondary N) is 1. The van der Waals surface area contributed by atoms with Crippen LogP contribution in [0.25, 0.3) is 0 Å². The van der Waals surface area contributed by atoms with Crippen LogP contribution in [-0.4, -0.2) is 6.54 Å². The van der Waals surface area contributed by atoms with Gasteiger partial charge in [0.05, 0.1) is 0 Å². The minimum absolute atomic E-state index is 0.0232. The summed E-state index contributed by atoms with van der Waals surface area (Å²) in [5, 5.41) is 3.36. The molecule has 0 saturated carbocycles. The standard InChI is InChI=1S/C17H18BrF2N/c1-3-21-17(14-7-4-11(2)8-15(14)18)9-12-5-6-13(19)10-16(12)20/h4-8,10,17,21H,3,9H2,1-2H3. The lowest BCUT2D eigenvalue weighted by Gasteiger charge is -2.20. The normalized spacial score (nSPS) is 12.4. The quantitative estimate of drug-likeness (QED) is 0.803. The average molecular weight is 354 g/mol. The zero-order valence-electron chi connectivity index (χ0n) is 12.1. The van der Waals surface area contributed by atoms with Crippen molar-refractivity contribution in [1.82, 2.24) is 5.32 Å². The van der Waals surface area contributed by atoms with E-state index >= 15 is 0 Å². The predicted molar refractivity (Wildman–Crippen MR) is 85.4 cm³/mol. The van der Waals surface area contributed by atoms with Crippen molar-refractivity contribution in [3.05, 3.63) is 69.2 Å². The summed E-state index contributed by atoms with van der Waals surface area (Å²) in [6.07, 6.45) is 0.474. The third-order valence-corrected chi connectivity index (χ3v) is 4.11. The van der Waals surface area contributed by atoms with Gasteiger partial charge in [-0.25, -0.2) is 8.78 Å². The van der Waals surface area contributed by atoms with Crippen molar-refractivity contribution in [2.45, 2.75) is 26.3 Å². The number of halogens is 3. The molecular formula is C17H18BrF2N. The van der Waals surface area contributed by atoms with Gasteiger partial charge in [-0.15, -0.1) is 0 Å². The Balaban J connectivity index is 2.30. The lowest BCUT2D eigenvalue weighted by atomic mass is 9.97. The SMILES string of the molecule is CCNC(Cc1ccc(F)cc1F)c1ccc(C)cc1Br. The third-order valence-electron chi connectivity index (χ3n) is 3.42. The molecule has 1 N–H and O–H groups in total. The number of benzene rings is 2. The van der Waals surface area contributed by atoms with E-state index in [9.17, 15) is 8.78 Å². The molecule has 0 radical (unpaired) electrons. The number of hydrogen-bond acceptors (Lipinski definition) is 1. The summed E-state index contributed by atoms with van der Waals surface area (Å²) >= 11 is 3.57. The van der Waals surface area contributed by atoms with E-state index in [-0.39, 0.29) is 6.04 Å². The molecule has 0 fully saturated rings. The van der Waals surface area contributed by atoms with Gasteiger partial charge in [-0.1, -0.05) is 41.1 Å². The van der Waals surface area contributed by atoms with Gasteiger partial charge in [0.25, 0.3) is 0 Å². The van der Waals surface area contributed by atoms with Crippen molar-refractivity contribution in [3.63, 3.8) is 0 Å². The van der Waals surface area contributed by atoms with E-state index in [0.29, 0.717) is 12.0 Å². The van der Waals surface area contributed by atoms with Crippen LogP contribution in [0.5, 0.6) is 0 Å². The zero-order chi connectivity index (χ0) is 15.4. The second-order valence-electron chi connectivity index (χ2n) is 5.08. The molecule has 0 aromatic heterocycles. The van der Waals surface area contributed by atoms with Crippen LogP contribution in [0.15, 0.2) is 40.9 Å². The van der Waals surface area contributed by atoms with E-state index in [1.807, 2.05) is 32.0 Å². The molecule has 0 bridgehead atoms. The van der Waals surface area contributed by atoms with Crippen LogP contribution in [0.3, 0.4) is 0 Å².